The lowest BCUT2D eigenvalue weighted by Crippen LogP contribution is -2.61. The Morgan fingerprint density at radius 1 is 0.569 bits per heavy atom. The van der Waals surface area contributed by atoms with Crippen LogP contribution in [-0.4, -0.2) is 19.9 Å². The van der Waals surface area contributed by atoms with Crippen LogP contribution in [0, 0.1) is 20.8 Å². The standard InChI is InChI=1S/C52H51BN2O3/c1-31-24-42-48-43(25-31)55(49-32(2)26-36(27-33(49)3)52(7,8)9)50-47(37-18-13-14-19-44(37)58-50)53(48)39-29-45-46(57-23-15-22-56-45)30-41(39)54(42)40-21-20-35(51(4,5)6)28-38(40)34-16-11-10-12-17-34/h10-14,16-21,24-30H,15,22-23H2,1-9H3. The van der Waals surface area contributed by atoms with Crippen molar-refractivity contribution in [2.45, 2.75) is 79.6 Å². The Kier molecular flexibility index (Phi) is 8.22. The van der Waals surface area contributed by atoms with Crippen LogP contribution in [0.25, 0.3) is 22.1 Å². The Hall–Kier alpha value is -5.88. The Balaban J connectivity index is 1.34. The van der Waals surface area contributed by atoms with E-state index in [-0.39, 0.29) is 17.5 Å². The van der Waals surface area contributed by atoms with Crippen LogP contribution < -0.4 is 35.7 Å². The summed E-state index contributed by atoms with van der Waals surface area (Å²) in [4.78, 5) is 4.94. The van der Waals surface area contributed by atoms with Crippen LogP contribution in [0.4, 0.5) is 34.3 Å². The van der Waals surface area contributed by atoms with Gasteiger partial charge < -0.3 is 18.8 Å². The molecular formula is C52H51BN2O3. The quantitative estimate of drug-likeness (QED) is 0.168. The van der Waals surface area contributed by atoms with Gasteiger partial charge in [-0.1, -0.05) is 108 Å². The average molecular weight is 763 g/mol. The fourth-order valence-electron chi connectivity index (χ4n) is 9.53. The minimum atomic E-state index is -0.132. The first-order chi connectivity index (χ1) is 27.8. The van der Waals surface area contributed by atoms with Crippen molar-refractivity contribution in [2.24, 2.45) is 0 Å². The van der Waals surface area contributed by atoms with Crippen molar-refractivity contribution in [3.05, 3.63) is 137 Å². The smallest absolute Gasteiger partial charge is 0.257 e. The number of anilines is 6. The van der Waals surface area contributed by atoms with Gasteiger partial charge in [0.15, 0.2) is 11.5 Å². The maximum atomic E-state index is 7.10. The Morgan fingerprint density at radius 2 is 1.21 bits per heavy atom. The molecule has 10 rings (SSSR count). The minimum absolute atomic E-state index is 0.0150. The molecule has 3 aliphatic heterocycles. The summed E-state index contributed by atoms with van der Waals surface area (Å²) in [5, 5.41) is 1.12. The molecule has 0 spiro atoms. The fraction of sp³-hybridized carbons (Fsp3) is 0.269. The summed E-state index contributed by atoms with van der Waals surface area (Å²) in [5.41, 5.74) is 18.7. The van der Waals surface area contributed by atoms with Crippen LogP contribution in [0.15, 0.2) is 114 Å². The summed E-state index contributed by atoms with van der Waals surface area (Å²) >= 11 is 0. The number of furan rings is 1. The molecule has 3 aliphatic rings. The largest absolute Gasteiger partial charge is 0.490 e. The number of hydrogen-bond acceptors (Lipinski definition) is 5. The van der Waals surface area contributed by atoms with Crippen LogP contribution in [0.5, 0.6) is 11.5 Å². The van der Waals surface area contributed by atoms with Crippen LogP contribution >= 0.6 is 0 Å². The summed E-state index contributed by atoms with van der Waals surface area (Å²) in [5.74, 6) is 2.45. The second kappa shape index (κ2) is 13.1. The normalized spacial score (nSPS) is 14.6. The number of ether oxygens (including phenoxy) is 2. The lowest BCUT2D eigenvalue weighted by atomic mass is 9.33. The predicted octanol–water partition coefficient (Wildman–Crippen LogP) is 11.9. The van der Waals surface area contributed by atoms with E-state index >= 15 is 0 Å². The third-order valence-corrected chi connectivity index (χ3v) is 12.4. The molecule has 7 aromatic rings. The molecule has 0 atom stereocenters. The van der Waals surface area contributed by atoms with Gasteiger partial charge in [-0.2, -0.15) is 0 Å². The number of nitrogens with zero attached hydrogens (tertiary/aromatic N) is 2. The van der Waals surface area contributed by atoms with Crippen LogP contribution in [0.1, 0.15) is 75.8 Å². The third-order valence-electron chi connectivity index (χ3n) is 12.4. The fourth-order valence-corrected chi connectivity index (χ4v) is 9.53. The van der Waals surface area contributed by atoms with E-state index in [1.807, 2.05) is 0 Å². The SMILES string of the molecule is Cc1cc2c3c(c1)N(c1c(C)cc(C(C)(C)C)cc1C)c1oc4ccccc4c1B3c1cc3c(cc1N2c1ccc(C(C)(C)C)cc1-c1ccccc1)OCCCO3. The van der Waals surface area contributed by atoms with E-state index in [9.17, 15) is 0 Å². The van der Waals surface area contributed by atoms with E-state index in [2.05, 4.69) is 181 Å². The number of para-hydroxylation sites is 1. The lowest BCUT2D eigenvalue weighted by molar-refractivity contribution is 0.297. The van der Waals surface area contributed by atoms with Crippen molar-refractivity contribution in [1.29, 1.82) is 0 Å². The highest BCUT2D eigenvalue weighted by atomic mass is 16.5. The van der Waals surface area contributed by atoms with Crippen molar-refractivity contribution < 1.29 is 13.9 Å². The highest BCUT2D eigenvalue weighted by Crippen LogP contribution is 2.51. The molecule has 0 bridgehead atoms. The van der Waals surface area contributed by atoms with Crippen LogP contribution in [-0.2, 0) is 10.8 Å². The highest BCUT2D eigenvalue weighted by molar-refractivity contribution is 7.01. The maximum Gasteiger partial charge on any atom is 0.257 e. The van der Waals surface area contributed by atoms with E-state index < -0.39 is 0 Å². The zero-order valence-corrected chi connectivity index (χ0v) is 35.2. The molecule has 0 saturated heterocycles. The summed E-state index contributed by atoms with van der Waals surface area (Å²) in [6, 6.07) is 40.4. The van der Waals surface area contributed by atoms with Crippen molar-refractivity contribution in [2.75, 3.05) is 23.0 Å². The summed E-state index contributed by atoms with van der Waals surface area (Å²) in [7, 11) is 0. The first kappa shape index (κ1) is 36.5. The molecular weight excluding hydrogens is 711 g/mol. The van der Waals surface area contributed by atoms with Gasteiger partial charge in [0.25, 0.3) is 6.71 Å². The van der Waals surface area contributed by atoms with E-state index in [4.69, 9.17) is 13.9 Å². The second-order valence-electron chi connectivity index (χ2n) is 18.6. The highest BCUT2D eigenvalue weighted by Gasteiger charge is 2.47. The Labute approximate surface area is 343 Å². The molecule has 290 valence electrons. The number of fused-ring (bicyclic) bond motifs is 7. The Bertz CT molecular complexity index is 2760. The molecule has 0 radical (unpaired) electrons. The lowest BCUT2D eigenvalue weighted by Gasteiger charge is -2.44. The second-order valence-corrected chi connectivity index (χ2v) is 18.6. The monoisotopic (exact) mass is 762 g/mol. The van der Waals surface area contributed by atoms with Crippen molar-refractivity contribution in [3.8, 4) is 22.6 Å². The number of rotatable bonds is 3. The zero-order chi connectivity index (χ0) is 40.2. The van der Waals surface area contributed by atoms with Crippen molar-refractivity contribution in [3.63, 3.8) is 0 Å². The van der Waals surface area contributed by atoms with Crippen LogP contribution in [0.3, 0.4) is 0 Å². The molecule has 0 unspecified atom stereocenters. The van der Waals surface area contributed by atoms with Gasteiger partial charge >= 0.3 is 0 Å². The van der Waals surface area contributed by atoms with Gasteiger partial charge in [0.1, 0.15) is 5.58 Å². The van der Waals surface area contributed by atoms with E-state index in [0.29, 0.717) is 13.2 Å². The van der Waals surface area contributed by atoms with E-state index in [1.165, 1.54) is 55.3 Å². The molecule has 0 amide bonds. The number of aryl methyl sites for hydroxylation is 3. The summed E-state index contributed by atoms with van der Waals surface area (Å²) in [6.07, 6.45) is 0.834. The molecule has 6 aromatic carbocycles. The molecule has 0 fully saturated rings. The topological polar surface area (TPSA) is 38.1 Å². The van der Waals surface area contributed by atoms with E-state index in [0.717, 1.165) is 63.2 Å². The van der Waals surface area contributed by atoms with Gasteiger partial charge in [-0.25, -0.2) is 0 Å². The molecule has 1 aromatic heterocycles. The minimum Gasteiger partial charge on any atom is -0.490 e. The molecule has 5 nitrogen and oxygen atoms in total. The van der Waals surface area contributed by atoms with Crippen molar-refractivity contribution in [1.82, 2.24) is 0 Å². The molecule has 0 N–H and O–H groups in total. The van der Waals surface area contributed by atoms with Gasteiger partial charge in [-0.3, -0.25) is 4.90 Å². The van der Waals surface area contributed by atoms with Crippen molar-refractivity contribution >= 4 is 68.4 Å². The number of benzene rings is 6. The summed E-state index contributed by atoms with van der Waals surface area (Å²) < 4.78 is 20.1. The van der Waals surface area contributed by atoms with Gasteiger partial charge in [0.05, 0.1) is 24.6 Å². The molecule has 4 heterocycles. The van der Waals surface area contributed by atoms with Gasteiger partial charge in [0, 0.05) is 46.0 Å². The molecule has 0 saturated carbocycles. The van der Waals surface area contributed by atoms with Gasteiger partial charge in [-0.05, 0) is 112 Å². The van der Waals surface area contributed by atoms with Crippen LogP contribution in [0.2, 0.25) is 0 Å². The van der Waals surface area contributed by atoms with E-state index in [1.54, 1.807) is 0 Å². The summed E-state index contributed by atoms with van der Waals surface area (Å²) in [6.45, 7) is 21.6. The predicted molar refractivity (Wildman–Crippen MR) is 243 cm³/mol. The molecule has 0 aliphatic carbocycles. The first-order valence-electron chi connectivity index (χ1n) is 20.8. The van der Waals surface area contributed by atoms with Gasteiger partial charge in [-0.15, -0.1) is 0 Å². The molecule has 58 heavy (non-hydrogen) atoms. The molecule has 6 heteroatoms. The number of hydrogen-bond donors (Lipinski definition) is 0. The average Bonchev–Trinajstić information content (AvgIpc) is 3.41. The maximum absolute atomic E-state index is 7.10. The first-order valence-corrected chi connectivity index (χ1v) is 20.8. The van der Waals surface area contributed by atoms with Gasteiger partial charge in [0.2, 0.25) is 5.88 Å². The third kappa shape index (κ3) is 5.67. The Morgan fingerprint density at radius 3 is 1.90 bits per heavy atom. The zero-order valence-electron chi connectivity index (χ0n) is 35.2.